The highest BCUT2D eigenvalue weighted by Crippen LogP contribution is 2.16. The third kappa shape index (κ3) is 2.59. The Morgan fingerprint density at radius 1 is 1.57 bits per heavy atom. The van der Waals surface area contributed by atoms with Gasteiger partial charge in [0.25, 0.3) is 5.56 Å². The van der Waals surface area contributed by atoms with Crippen LogP contribution in [0.4, 0.5) is 0 Å². The first kappa shape index (κ1) is 11.3. The van der Waals surface area contributed by atoms with E-state index in [2.05, 4.69) is 18.8 Å². The summed E-state index contributed by atoms with van der Waals surface area (Å²) in [6, 6.07) is 1.65. The molecule has 3 nitrogen and oxygen atoms in total. The molecular formula is C10H15ClN2O. The third-order valence-electron chi connectivity index (χ3n) is 1.98. The van der Waals surface area contributed by atoms with Gasteiger partial charge in [0.2, 0.25) is 0 Å². The van der Waals surface area contributed by atoms with E-state index in [1.165, 1.54) is 0 Å². The Labute approximate surface area is 88.3 Å². The molecular weight excluding hydrogens is 200 g/mol. The van der Waals surface area contributed by atoms with Crippen molar-refractivity contribution in [2.75, 3.05) is 0 Å². The number of pyridine rings is 1. The van der Waals surface area contributed by atoms with E-state index >= 15 is 0 Å². The van der Waals surface area contributed by atoms with Gasteiger partial charge < -0.3 is 10.7 Å². The molecule has 4 heteroatoms. The van der Waals surface area contributed by atoms with Gasteiger partial charge in [-0.3, -0.25) is 4.79 Å². The molecule has 0 aliphatic carbocycles. The van der Waals surface area contributed by atoms with Crippen LogP contribution in [0.15, 0.2) is 10.9 Å². The van der Waals surface area contributed by atoms with Gasteiger partial charge in [-0.1, -0.05) is 25.4 Å². The van der Waals surface area contributed by atoms with Crippen LogP contribution < -0.4 is 11.3 Å². The van der Waals surface area contributed by atoms with E-state index < -0.39 is 0 Å². The van der Waals surface area contributed by atoms with Crippen molar-refractivity contribution in [3.63, 3.8) is 0 Å². The van der Waals surface area contributed by atoms with Crippen molar-refractivity contribution < 1.29 is 0 Å². The van der Waals surface area contributed by atoms with Gasteiger partial charge in [0.15, 0.2) is 0 Å². The van der Waals surface area contributed by atoms with Crippen LogP contribution in [0.1, 0.15) is 25.1 Å². The minimum absolute atomic E-state index is 0.132. The van der Waals surface area contributed by atoms with E-state index in [0.717, 1.165) is 12.1 Å². The first-order valence-electron chi connectivity index (χ1n) is 4.65. The molecule has 3 N–H and O–H groups in total. The van der Waals surface area contributed by atoms with Crippen LogP contribution in [0, 0.1) is 5.92 Å². The third-order valence-corrected chi connectivity index (χ3v) is 2.31. The molecule has 0 atom stereocenters. The summed E-state index contributed by atoms with van der Waals surface area (Å²) < 4.78 is 0. The summed E-state index contributed by atoms with van der Waals surface area (Å²) in [6.07, 6.45) is 0.777. The number of aromatic nitrogens is 1. The fraction of sp³-hybridized carbons (Fsp3) is 0.500. The predicted molar refractivity (Wildman–Crippen MR) is 58.5 cm³/mol. The van der Waals surface area contributed by atoms with Gasteiger partial charge in [-0.2, -0.15) is 0 Å². The molecule has 0 spiro atoms. The molecule has 1 heterocycles. The van der Waals surface area contributed by atoms with Crippen molar-refractivity contribution in [1.82, 2.24) is 4.98 Å². The lowest BCUT2D eigenvalue weighted by Gasteiger charge is -2.07. The second-order valence-corrected chi connectivity index (χ2v) is 4.16. The topological polar surface area (TPSA) is 58.9 Å². The second-order valence-electron chi connectivity index (χ2n) is 3.75. The van der Waals surface area contributed by atoms with Crippen LogP contribution in [-0.2, 0) is 13.0 Å². The fourth-order valence-corrected chi connectivity index (χ4v) is 1.55. The van der Waals surface area contributed by atoms with Gasteiger partial charge in [-0.15, -0.1) is 0 Å². The minimum Gasteiger partial charge on any atom is -0.326 e. The Morgan fingerprint density at radius 2 is 2.21 bits per heavy atom. The van der Waals surface area contributed by atoms with Crippen LogP contribution in [0.25, 0.3) is 0 Å². The zero-order valence-corrected chi connectivity index (χ0v) is 9.19. The standard InChI is InChI=1S/C10H15ClN2O/c1-6(2)3-9-8(11)4-7(5-12)10(14)13-9/h4,6H,3,5,12H2,1-2H3,(H,13,14). The summed E-state index contributed by atoms with van der Waals surface area (Å²) in [4.78, 5) is 14.2. The number of hydrogen-bond donors (Lipinski definition) is 2. The maximum absolute atomic E-state index is 11.4. The Morgan fingerprint density at radius 3 is 2.71 bits per heavy atom. The molecule has 0 bridgehead atoms. The second kappa shape index (κ2) is 4.62. The molecule has 1 rings (SSSR count). The fourth-order valence-electron chi connectivity index (χ4n) is 1.29. The number of nitrogens with two attached hydrogens (primary N) is 1. The Kier molecular flexibility index (Phi) is 3.72. The van der Waals surface area contributed by atoms with Crippen molar-refractivity contribution in [1.29, 1.82) is 0 Å². The lowest BCUT2D eigenvalue weighted by Crippen LogP contribution is -2.18. The van der Waals surface area contributed by atoms with Crippen LogP contribution in [0.2, 0.25) is 5.02 Å². The van der Waals surface area contributed by atoms with E-state index in [-0.39, 0.29) is 12.1 Å². The van der Waals surface area contributed by atoms with Crippen LogP contribution >= 0.6 is 11.6 Å². The number of hydrogen-bond acceptors (Lipinski definition) is 2. The summed E-state index contributed by atoms with van der Waals surface area (Å²) in [6.45, 7) is 4.37. The van der Waals surface area contributed by atoms with Gasteiger partial charge in [-0.25, -0.2) is 0 Å². The maximum Gasteiger partial charge on any atom is 0.252 e. The van der Waals surface area contributed by atoms with E-state index in [1.807, 2.05) is 0 Å². The monoisotopic (exact) mass is 214 g/mol. The molecule has 0 aliphatic rings. The van der Waals surface area contributed by atoms with Crippen molar-refractivity contribution >= 4 is 11.6 Å². The van der Waals surface area contributed by atoms with Gasteiger partial charge in [0, 0.05) is 17.8 Å². The summed E-state index contributed by atoms with van der Waals surface area (Å²) in [5.74, 6) is 0.465. The molecule has 0 amide bonds. The van der Waals surface area contributed by atoms with Gasteiger partial charge in [0.1, 0.15) is 0 Å². The molecule has 14 heavy (non-hydrogen) atoms. The lowest BCUT2D eigenvalue weighted by molar-refractivity contribution is 0.633. The number of nitrogens with one attached hydrogen (secondary N) is 1. The minimum atomic E-state index is -0.132. The van der Waals surface area contributed by atoms with E-state index in [1.54, 1.807) is 6.07 Å². The number of H-pyrrole nitrogens is 1. The van der Waals surface area contributed by atoms with E-state index in [9.17, 15) is 4.79 Å². The molecule has 0 radical (unpaired) electrons. The highest BCUT2D eigenvalue weighted by Gasteiger charge is 2.07. The molecule has 1 aromatic heterocycles. The SMILES string of the molecule is CC(C)Cc1[nH]c(=O)c(CN)cc1Cl. The Balaban J connectivity index is 3.09. The van der Waals surface area contributed by atoms with Crippen LogP contribution in [0.5, 0.6) is 0 Å². The molecule has 0 aromatic carbocycles. The van der Waals surface area contributed by atoms with Gasteiger partial charge >= 0.3 is 0 Å². The number of aromatic amines is 1. The summed E-state index contributed by atoms with van der Waals surface area (Å²) in [7, 11) is 0. The number of halogens is 1. The van der Waals surface area contributed by atoms with Crippen molar-refractivity contribution in [2.45, 2.75) is 26.8 Å². The quantitative estimate of drug-likeness (QED) is 0.805. The lowest BCUT2D eigenvalue weighted by atomic mass is 10.1. The van der Waals surface area contributed by atoms with Crippen molar-refractivity contribution in [2.24, 2.45) is 11.7 Å². The molecule has 0 aliphatic heterocycles. The summed E-state index contributed by atoms with van der Waals surface area (Å²) in [5.41, 5.74) is 6.59. The first-order chi connectivity index (χ1) is 6.54. The van der Waals surface area contributed by atoms with Gasteiger partial charge in [-0.05, 0) is 18.4 Å². The average molecular weight is 215 g/mol. The van der Waals surface area contributed by atoms with Crippen LogP contribution in [0.3, 0.4) is 0 Å². The number of rotatable bonds is 3. The highest BCUT2D eigenvalue weighted by atomic mass is 35.5. The smallest absolute Gasteiger partial charge is 0.252 e. The van der Waals surface area contributed by atoms with Crippen molar-refractivity contribution in [3.8, 4) is 0 Å². The van der Waals surface area contributed by atoms with E-state index in [0.29, 0.717) is 16.5 Å². The Bertz CT molecular complexity index is 371. The van der Waals surface area contributed by atoms with E-state index in [4.69, 9.17) is 17.3 Å². The molecule has 0 fully saturated rings. The normalized spacial score (nSPS) is 10.9. The summed E-state index contributed by atoms with van der Waals surface area (Å²) >= 11 is 6.00. The highest BCUT2D eigenvalue weighted by molar-refractivity contribution is 6.31. The van der Waals surface area contributed by atoms with Crippen LogP contribution in [-0.4, -0.2) is 4.98 Å². The van der Waals surface area contributed by atoms with Crippen molar-refractivity contribution in [3.05, 3.63) is 32.7 Å². The zero-order valence-electron chi connectivity index (χ0n) is 8.43. The molecule has 0 saturated heterocycles. The molecule has 78 valence electrons. The molecule has 0 unspecified atom stereocenters. The maximum atomic E-state index is 11.4. The largest absolute Gasteiger partial charge is 0.326 e. The molecule has 0 saturated carbocycles. The average Bonchev–Trinajstić information content (AvgIpc) is 2.10. The Hall–Kier alpha value is -0.800. The zero-order chi connectivity index (χ0) is 10.7. The predicted octanol–water partition coefficient (Wildman–Crippen LogP) is 1.69. The summed E-state index contributed by atoms with van der Waals surface area (Å²) in [5, 5.41) is 0.596. The van der Waals surface area contributed by atoms with Gasteiger partial charge in [0.05, 0.1) is 5.02 Å². The molecule has 1 aromatic rings. The first-order valence-corrected chi connectivity index (χ1v) is 5.03.